The molecule has 6 nitrogen and oxygen atoms in total. The molecule has 0 aliphatic carbocycles. The van der Waals surface area contributed by atoms with E-state index in [1.54, 1.807) is 0 Å². The van der Waals surface area contributed by atoms with Gasteiger partial charge in [0.2, 0.25) is 5.95 Å². The second kappa shape index (κ2) is 9.78. The highest BCUT2D eigenvalue weighted by molar-refractivity contribution is 6.30. The number of hydrogen-bond acceptors (Lipinski definition) is 5. The Morgan fingerprint density at radius 1 is 1.08 bits per heavy atom. The monoisotopic (exact) mass is 518 g/mol. The molecule has 0 radical (unpaired) electrons. The molecule has 0 saturated carbocycles. The SMILES string of the molecule is COn1c(N2CCCC2c2ccc(C(F)(F)F)cc2)nc2c(c1=O)CN(Cc1ccc(Cl)cc1)CC2. The van der Waals surface area contributed by atoms with Crippen LogP contribution in [0.5, 0.6) is 0 Å². The van der Waals surface area contributed by atoms with Gasteiger partial charge < -0.3 is 9.74 Å². The number of halogens is 4. The second-order valence-electron chi connectivity index (χ2n) is 9.18. The average Bonchev–Trinajstić information content (AvgIpc) is 3.35. The lowest BCUT2D eigenvalue weighted by atomic mass is 10.0. The Bertz CT molecular complexity index is 1290. The van der Waals surface area contributed by atoms with Gasteiger partial charge in [-0.15, -0.1) is 4.73 Å². The van der Waals surface area contributed by atoms with Crippen LogP contribution >= 0.6 is 11.6 Å². The van der Waals surface area contributed by atoms with Gasteiger partial charge in [-0.25, -0.2) is 4.98 Å². The van der Waals surface area contributed by atoms with Crippen molar-refractivity contribution in [3.8, 4) is 0 Å². The van der Waals surface area contributed by atoms with E-state index in [1.165, 1.54) is 24.0 Å². The predicted molar refractivity (Wildman–Crippen MR) is 131 cm³/mol. The summed E-state index contributed by atoms with van der Waals surface area (Å²) >= 11 is 5.99. The molecule has 2 aliphatic heterocycles. The maximum atomic E-state index is 13.5. The van der Waals surface area contributed by atoms with Crippen LogP contribution in [0, 0.1) is 0 Å². The van der Waals surface area contributed by atoms with E-state index in [4.69, 9.17) is 21.4 Å². The summed E-state index contributed by atoms with van der Waals surface area (Å²) in [6.45, 7) is 2.52. The van der Waals surface area contributed by atoms with Gasteiger partial charge in [-0.05, 0) is 48.2 Å². The van der Waals surface area contributed by atoms with Gasteiger partial charge in [0.05, 0.1) is 22.9 Å². The highest BCUT2D eigenvalue weighted by Crippen LogP contribution is 2.37. The van der Waals surface area contributed by atoms with Crippen molar-refractivity contribution in [1.29, 1.82) is 0 Å². The van der Waals surface area contributed by atoms with Crippen LogP contribution in [0.1, 0.15) is 46.8 Å². The Morgan fingerprint density at radius 3 is 2.47 bits per heavy atom. The summed E-state index contributed by atoms with van der Waals surface area (Å²) in [6, 6.07) is 12.7. The van der Waals surface area contributed by atoms with Gasteiger partial charge in [0, 0.05) is 37.6 Å². The molecule has 36 heavy (non-hydrogen) atoms. The molecule has 1 saturated heterocycles. The number of anilines is 1. The molecular formula is C26H26ClF3N4O2. The van der Waals surface area contributed by atoms with Crippen LogP contribution in [-0.4, -0.2) is 34.8 Å². The fourth-order valence-corrected chi connectivity index (χ4v) is 5.20. The predicted octanol–water partition coefficient (Wildman–Crippen LogP) is 4.87. The van der Waals surface area contributed by atoms with Crippen LogP contribution in [0.15, 0.2) is 53.3 Å². The Hall–Kier alpha value is -3.04. The zero-order valence-corrected chi connectivity index (χ0v) is 20.5. The molecule has 1 atom stereocenters. The Kier molecular flexibility index (Phi) is 6.70. The highest BCUT2D eigenvalue weighted by atomic mass is 35.5. The van der Waals surface area contributed by atoms with E-state index < -0.39 is 11.7 Å². The van der Waals surface area contributed by atoms with Gasteiger partial charge in [0.25, 0.3) is 5.56 Å². The maximum absolute atomic E-state index is 13.5. The van der Waals surface area contributed by atoms with Gasteiger partial charge in [0.1, 0.15) is 7.11 Å². The summed E-state index contributed by atoms with van der Waals surface area (Å²) in [5, 5.41) is 0.680. The Balaban J connectivity index is 1.42. The molecular weight excluding hydrogens is 493 g/mol. The van der Waals surface area contributed by atoms with E-state index in [0.717, 1.165) is 48.3 Å². The lowest BCUT2D eigenvalue weighted by molar-refractivity contribution is -0.137. The normalized spacial score (nSPS) is 18.4. The third-order valence-electron chi connectivity index (χ3n) is 6.89. The van der Waals surface area contributed by atoms with Crippen LogP contribution in [0.3, 0.4) is 0 Å². The Labute approximate surface area is 211 Å². The van der Waals surface area contributed by atoms with Crippen LogP contribution in [0.2, 0.25) is 5.02 Å². The topological polar surface area (TPSA) is 50.6 Å². The van der Waals surface area contributed by atoms with Crippen molar-refractivity contribution in [3.05, 3.63) is 91.9 Å². The number of aromatic nitrogens is 2. The molecule has 1 unspecified atom stereocenters. The lowest BCUT2D eigenvalue weighted by Gasteiger charge is -2.31. The third-order valence-corrected chi connectivity index (χ3v) is 7.14. The molecule has 3 aromatic rings. The first-order valence-corrected chi connectivity index (χ1v) is 12.2. The first-order valence-electron chi connectivity index (χ1n) is 11.8. The average molecular weight is 519 g/mol. The number of nitrogens with zero attached hydrogens (tertiary/aromatic N) is 4. The first-order chi connectivity index (χ1) is 17.2. The Morgan fingerprint density at radius 2 is 1.81 bits per heavy atom. The van der Waals surface area contributed by atoms with Crippen molar-refractivity contribution < 1.29 is 18.0 Å². The molecule has 0 spiro atoms. The van der Waals surface area contributed by atoms with E-state index in [-0.39, 0.29) is 11.6 Å². The van der Waals surface area contributed by atoms with Crippen molar-refractivity contribution >= 4 is 17.5 Å². The summed E-state index contributed by atoms with van der Waals surface area (Å²) in [5.41, 5.74) is 2.27. The summed E-state index contributed by atoms with van der Waals surface area (Å²) in [6.07, 6.45) is -2.19. The number of benzene rings is 2. The molecule has 2 aromatic carbocycles. The molecule has 5 rings (SSSR count). The van der Waals surface area contributed by atoms with Gasteiger partial charge in [-0.3, -0.25) is 9.69 Å². The van der Waals surface area contributed by atoms with Crippen molar-refractivity contribution in [2.45, 2.75) is 44.6 Å². The van der Waals surface area contributed by atoms with E-state index in [0.29, 0.717) is 42.6 Å². The molecule has 10 heteroatoms. The van der Waals surface area contributed by atoms with Crippen molar-refractivity contribution in [2.24, 2.45) is 0 Å². The minimum Gasteiger partial charge on any atom is -0.411 e. The number of fused-ring (bicyclic) bond motifs is 1. The van der Waals surface area contributed by atoms with Crippen molar-refractivity contribution in [3.63, 3.8) is 0 Å². The maximum Gasteiger partial charge on any atom is 0.416 e. The highest BCUT2D eigenvalue weighted by Gasteiger charge is 2.34. The fraction of sp³-hybridized carbons (Fsp3) is 0.385. The summed E-state index contributed by atoms with van der Waals surface area (Å²) in [4.78, 5) is 28.0. The minimum absolute atomic E-state index is 0.191. The van der Waals surface area contributed by atoms with Crippen LogP contribution in [-0.2, 0) is 25.7 Å². The quantitative estimate of drug-likeness (QED) is 0.482. The van der Waals surface area contributed by atoms with Gasteiger partial charge >= 0.3 is 6.18 Å². The fourth-order valence-electron chi connectivity index (χ4n) is 5.08. The third kappa shape index (κ3) is 4.82. The molecule has 0 bridgehead atoms. The van der Waals surface area contributed by atoms with Gasteiger partial charge in [0.15, 0.2) is 0 Å². The van der Waals surface area contributed by atoms with Crippen LogP contribution in [0.25, 0.3) is 0 Å². The van der Waals surface area contributed by atoms with E-state index in [2.05, 4.69) is 4.90 Å². The second-order valence-corrected chi connectivity index (χ2v) is 9.61. The summed E-state index contributed by atoms with van der Waals surface area (Å²) < 4.78 is 40.3. The minimum atomic E-state index is -4.38. The number of alkyl halides is 3. The smallest absolute Gasteiger partial charge is 0.411 e. The zero-order chi connectivity index (χ0) is 25.4. The van der Waals surface area contributed by atoms with Crippen molar-refractivity contribution in [1.82, 2.24) is 14.6 Å². The molecule has 2 aliphatic rings. The number of hydrogen-bond donors (Lipinski definition) is 0. The van der Waals surface area contributed by atoms with E-state index in [1.807, 2.05) is 29.2 Å². The molecule has 3 heterocycles. The largest absolute Gasteiger partial charge is 0.416 e. The van der Waals surface area contributed by atoms with Crippen LogP contribution < -0.4 is 15.3 Å². The van der Waals surface area contributed by atoms with Crippen molar-refractivity contribution in [2.75, 3.05) is 25.1 Å². The molecule has 0 amide bonds. The molecule has 1 fully saturated rings. The molecule has 0 N–H and O–H groups in total. The zero-order valence-electron chi connectivity index (χ0n) is 19.8. The van der Waals surface area contributed by atoms with E-state index >= 15 is 0 Å². The summed E-state index contributed by atoms with van der Waals surface area (Å²) in [7, 11) is 1.43. The molecule has 190 valence electrons. The van der Waals surface area contributed by atoms with Crippen LogP contribution in [0.4, 0.5) is 19.1 Å². The standard InChI is InChI=1S/C26H26ClF3N4O2/c1-36-34-24(35)21-16-32(15-17-4-10-20(27)11-5-17)14-12-22(21)31-25(34)33-13-2-3-23(33)18-6-8-19(9-7-18)26(28,29)30/h4-11,23H,2-3,12-16H2,1H3. The van der Waals surface area contributed by atoms with Gasteiger partial charge in [-0.2, -0.15) is 13.2 Å². The van der Waals surface area contributed by atoms with Gasteiger partial charge in [-0.1, -0.05) is 35.9 Å². The first kappa shape index (κ1) is 24.6. The number of rotatable bonds is 5. The van der Waals surface area contributed by atoms with E-state index in [9.17, 15) is 18.0 Å². The summed E-state index contributed by atoms with van der Waals surface area (Å²) in [5.74, 6) is 0.398. The lowest BCUT2D eigenvalue weighted by Crippen LogP contribution is -2.42. The molecule has 1 aromatic heterocycles.